The van der Waals surface area contributed by atoms with Crippen molar-refractivity contribution in [3.63, 3.8) is 0 Å². The molecule has 1 aromatic carbocycles. The zero-order chi connectivity index (χ0) is 14.1. The predicted molar refractivity (Wildman–Crippen MR) is 68.1 cm³/mol. The Balaban J connectivity index is 2.05. The summed E-state index contributed by atoms with van der Waals surface area (Å²) < 4.78 is 26.7. The summed E-state index contributed by atoms with van der Waals surface area (Å²) in [6, 6.07) is 11.4. The Hall–Kier alpha value is -2.81. The van der Waals surface area contributed by atoms with E-state index in [1.165, 1.54) is 22.8 Å². The van der Waals surface area contributed by atoms with Gasteiger partial charge in [-0.05, 0) is 36.4 Å². The molecule has 0 saturated heterocycles. The van der Waals surface area contributed by atoms with Crippen LogP contribution in [0.2, 0.25) is 0 Å². The highest BCUT2D eigenvalue weighted by atomic mass is 19.3. The Labute approximate surface area is 112 Å². The van der Waals surface area contributed by atoms with Crippen molar-refractivity contribution in [1.82, 2.24) is 14.6 Å². The first kappa shape index (κ1) is 12.2. The number of nitrogens with zero attached hydrogens (tertiary/aromatic N) is 4. The highest BCUT2D eigenvalue weighted by Crippen LogP contribution is 2.21. The summed E-state index contributed by atoms with van der Waals surface area (Å²) in [6.07, 6.45) is -1.08. The van der Waals surface area contributed by atoms with E-state index in [1.54, 1.807) is 24.3 Å². The van der Waals surface area contributed by atoms with Crippen LogP contribution in [-0.4, -0.2) is 14.6 Å². The first-order chi connectivity index (χ1) is 9.67. The summed E-state index contributed by atoms with van der Waals surface area (Å²) in [7, 11) is 0. The summed E-state index contributed by atoms with van der Waals surface area (Å²) in [4.78, 5) is 4.22. The van der Waals surface area contributed by atoms with Gasteiger partial charge in [-0.3, -0.25) is 0 Å². The van der Waals surface area contributed by atoms with Crippen LogP contribution in [0.1, 0.15) is 17.6 Å². The smallest absolute Gasteiger partial charge is 0.221 e. The fraction of sp³-hybridized carbons (Fsp3) is 0.0714. The molecule has 0 fully saturated rings. The van der Waals surface area contributed by atoms with Crippen LogP contribution < -0.4 is 0 Å². The van der Waals surface area contributed by atoms with Gasteiger partial charge in [0.25, 0.3) is 6.43 Å². The largest absolute Gasteiger partial charge is 0.264 e. The average molecular weight is 270 g/mol. The number of pyridine rings is 1. The molecule has 0 saturated carbocycles. The Morgan fingerprint density at radius 1 is 1.15 bits per heavy atom. The van der Waals surface area contributed by atoms with E-state index in [0.717, 1.165) is 5.56 Å². The van der Waals surface area contributed by atoms with Gasteiger partial charge in [0.05, 0.1) is 11.6 Å². The summed E-state index contributed by atoms with van der Waals surface area (Å²) in [5.74, 6) is 0.431. The highest BCUT2D eigenvalue weighted by molar-refractivity contribution is 5.59. The molecule has 3 aromatic rings. The van der Waals surface area contributed by atoms with E-state index in [4.69, 9.17) is 5.26 Å². The molecule has 0 aliphatic carbocycles. The maximum atomic E-state index is 12.6. The van der Waals surface area contributed by atoms with Gasteiger partial charge in [-0.15, -0.1) is 5.10 Å². The summed E-state index contributed by atoms with van der Waals surface area (Å²) >= 11 is 0. The Morgan fingerprint density at radius 2 is 1.90 bits per heavy atom. The van der Waals surface area contributed by atoms with E-state index >= 15 is 0 Å². The van der Waals surface area contributed by atoms with Gasteiger partial charge in [-0.1, -0.05) is 0 Å². The number of fused-ring (bicyclic) bond motifs is 1. The number of benzene rings is 1. The van der Waals surface area contributed by atoms with E-state index in [0.29, 0.717) is 17.0 Å². The molecule has 0 spiro atoms. The second-order valence-electron chi connectivity index (χ2n) is 4.19. The number of rotatable bonds is 2. The molecule has 0 aliphatic rings. The van der Waals surface area contributed by atoms with Crippen molar-refractivity contribution >= 4 is 5.65 Å². The van der Waals surface area contributed by atoms with Gasteiger partial charge < -0.3 is 0 Å². The zero-order valence-electron chi connectivity index (χ0n) is 10.2. The molecule has 0 unspecified atom stereocenters. The third kappa shape index (κ3) is 2.10. The van der Waals surface area contributed by atoms with Crippen molar-refractivity contribution in [3.8, 4) is 17.5 Å². The predicted octanol–water partition coefficient (Wildman–Crippen LogP) is 3.21. The molecule has 4 nitrogen and oxygen atoms in total. The van der Waals surface area contributed by atoms with E-state index in [1.807, 2.05) is 6.07 Å². The lowest BCUT2D eigenvalue weighted by Crippen LogP contribution is -1.90. The third-order valence-corrected chi connectivity index (χ3v) is 2.89. The van der Waals surface area contributed by atoms with E-state index < -0.39 is 6.43 Å². The fourth-order valence-corrected chi connectivity index (χ4v) is 1.85. The minimum Gasteiger partial charge on any atom is -0.221 e. The molecule has 3 rings (SSSR count). The van der Waals surface area contributed by atoms with E-state index in [2.05, 4.69) is 10.1 Å². The van der Waals surface area contributed by atoms with Crippen LogP contribution in [0.25, 0.3) is 17.0 Å². The van der Waals surface area contributed by atoms with Gasteiger partial charge in [0.2, 0.25) is 0 Å². The quantitative estimate of drug-likeness (QED) is 0.718. The zero-order valence-corrected chi connectivity index (χ0v) is 10.2. The van der Waals surface area contributed by atoms with Gasteiger partial charge >= 0.3 is 0 Å². The van der Waals surface area contributed by atoms with Crippen LogP contribution in [0.5, 0.6) is 0 Å². The van der Waals surface area contributed by atoms with Crippen molar-refractivity contribution in [2.45, 2.75) is 6.43 Å². The lowest BCUT2D eigenvalue weighted by atomic mass is 10.1. The van der Waals surface area contributed by atoms with Crippen LogP contribution in [0.15, 0.2) is 42.6 Å². The van der Waals surface area contributed by atoms with Crippen molar-refractivity contribution in [1.29, 1.82) is 5.26 Å². The minimum atomic E-state index is -2.53. The molecule has 2 heterocycles. The standard InChI is InChI=1S/C14H8F2N4/c15-13(16)11-5-6-20-12(7-11)18-14(19-20)10-3-1-9(8-17)2-4-10/h1-7,13H. The monoisotopic (exact) mass is 270 g/mol. The Kier molecular flexibility index (Phi) is 2.88. The lowest BCUT2D eigenvalue weighted by molar-refractivity contribution is 0.151. The Morgan fingerprint density at radius 3 is 2.55 bits per heavy atom. The number of aromatic nitrogens is 3. The van der Waals surface area contributed by atoms with Crippen LogP contribution in [-0.2, 0) is 0 Å². The van der Waals surface area contributed by atoms with Gasteiger partial charge in [0.15, 0.2) is 11.5 Å². The topological polar surface area (TPSA) is 54.0 Å². The molecule has 0 N–H and O–H groups in total. The average Bonchev–Trinajstić information content (AvgIpc) is 2.90. The number of hydrogen-bond donors (Lipinski definition) is 0. The Bertz CT molecular complexity index is 800. The number of hydrogen-bond acceptors (Lipinski definition) is 3. The summed E-state index contributed by atoms with van der Waals surface area (Å²) in [5, 5.41) is 13.0. The fourth-order valence-electron chi connectivity index (χ4n) is 1.85. The first-order valence-corrected chi connectivity index (χ1v) is 5.82. The number of nitriles is 1. The normalized spacial score (nSPS) is 10.9. The van der Waals surface area contributed by atoms with Crippen molar-refractivity contribution in [2.24, 2.45) is 0 Å². The molecule has 0 bridgehead atoms. The molecule has 2 aromatic heterocycles. The second kappa shape index (κ2) is 4.70. The van der Waals surface area contributed by atoms with E-state index in [-0.39, 0.29) is 5.56 Å². The van der Waals surface area contributed by atoms with Crippen molar-refractivity contribution in [3.05, 3.63) is 53.7 Å². The van der Waals surface area contributed by atoms with Crippen LogP contribution in [0.4, 0.5) is 8.78 Å². The molecule has 98 valence electrons. The maximum Gasteiger partial charge on any atom is 0.264 e. The van der Waals surface area contributed by atoms with Crippen LogP contribution >= 0.6 is 0 Å². The van der Waals surface area contributed by atoms with Gasteiger partial charge in [0, 0.05) is 17.3 Å². The van der Waals surface area contributed by atoms with Crippen molar-refractivity contribution in [2.75, 3.05) is 0 Å². The molecule has 20 heavy (non-hydrogen) atoms. The summed E-state index contributed by atoms with van der Waals surface area (Å²) in [5.41, 5.74) is 1.54. The highest BCUT2D eigenvalue weighted by Gasteiger charge is 2.11. The molecular weight excluding hydrogens is 262 g/mol. The summed E-state index contributed by atoms with van der Waals surface area (Å²) in [6.45, 7) is 0. The third-order valence-electron chi connectivity index (χ3n) is 2.89. The van der Waals surface area contributed by atoms with Crippen LogP contribution in [0.3, 0.4) is 0 Å². The molecule has 6 heteroatoms. The molecule has 0 aliphatic heterocycles. The van der Waals surface area contributed by atoms with Gasteiger partial charge in [0.1, 0.15) is 0 Å². The molecular formula is C14H8F2N4. The van der Waals surface area contributed by atoms with Gasteiger partial charge in [-0.2, -0.15) is 5.26 Å². The number of halogens is 2. The van der Waals surface area contributed by atoms with Crippen molar-refractivity contribution < 1.29 is 8.78 Å². The van der Waals surface area contributed by atoms with Gasteiger partial charge in [-0.25, -0.2) is 18.3 Å². The second-order valence-corrected chi connectivity index (χ2v) is 4.19. The van der Waals surface area contributed by atoms with E-state index in [9.17, 15) is 8.78 Å². The SMILES string of the molecule is N#Cc1ccc(-c2nc3cc(C(F)F)ccn3n2)cc1. The first-order valence-electron chi connectivity index (χ1n) is 5.82. The molecule has 0 radical (unpaired) electrons. The lowest BCUT2D eigenvalue weighted by Gasteiger charge is -1.97. The molecule has 0 amide bonds. The minimum absolute atomic E-state index is 0.0868. The van der Waals surface area contributed by atoms with Crippen LogP contribution in [0, 0.1) is 11.3 Å². The number of alkyl halides is 2. The molecule has 0 atom stereocenters. The maximum absolute atomic E-state index is 12.6.